The van der Waals surface area contributed by atoms with Crippen LogP contribution in [0.3, 0.4) is 0 Å². The van der Waals surface area contributed by atoms with Crippen molar-refractivity contribution < 1.29 is 31.7 Å². The number of nitrogens with zero attached hydrogens (tertiary/aromatic N) is 2. The lowest BCUT2D eigenvalue weighted by Crippen LogP contribution is -2.54. The summed E-state index contributed by atoms with van der Waals surface area (Å²) >= 11 is 0. The Bertz CT molecular complexity index is 749. The predicted octanol–water partition coefficient (Wildman–Crippen LogP) is -1.88. The largest absolute Gasteiger partial charge is 0.418 e. The molecule has 1 unspecified atom stereocenters. The second-order valence-corrected chi connectivity index (χ2v) is 8.91. The molecule has 3 atom stereocenters. The molecule has 2 bridgehead atoms. The van der Waals surface area contributed by atoms with E-state index in [0.717, 1.165) is 25.8 Å². The van der Waals surface area contributed by atoms with E-state index in [2.05, 4.69) is 15.1 Å². The molecule has 1 saturated carbocycles. The first-order chi connectivity index (χ1) is 12.6. The fourth-order valence-electron chi connectivity index (χ4n) is 4.26. The van der Waals surface area contributed by atoms with Crippen molar-refractivity contribution in [2.24, 2.45) is 11.1 Å². The van der Waals surface area contributed by atoms with Crippen LogP contribution in [0, 0.1) is 5.41 Å². The smallest absolute Gasteiger partial charge is 0.322 e. The standard InChI is InChI=1S/C14H23N5O7S/c15-14(3-4-16-7-14)8-25-17-11(20)9-5-13(1-2-13)10-6-18(9)12(21)19(10)26-27(22,23)24/h9-10,16H,1-8,15H2,(H,17,20)(H,22,23,24)/t9-,10-,14?/m0/s1. The molecular weight excluding hydrogens is 382 g/mol. The van der Waals surface area contributed by atoms with Gasteiger partial charge in [-0.25, -0.2) is 10.3 Å². The number of carbonyl (C=O) groups is 2. The molecule has 1 spiro atoms. The Morgan fingerprint density at radius 2 is 2.15 bits per heavy atom. The fraction of sp³-hybridized carbons (Fsp3) is 0.857. The van der Waals surface area contributed by atoms with Crippen LogP contribution < -0.4 is 16.5 Å². The molecule has 4 aliphatic rings. The van der Waals surface area contributed by atoms with Crippen molar-refractivity contribution in [3.05, 3.63) is 0 Å². The third-order valence-corrected chi connectivity index (χ3v) is 6.30. The molecule has 5 N–H and O–H groups in total. The number of rotatable bonds is 6. The number of urea groups is 1. The molecule has 12 nitrogen and oxygen atoms in total. The zero-order valence-electron chi connectivity index (χ0n) is 14.6. The van der Waals surface area contributed by atoms with Gasteiger partial charge in [0, 0.05) is 13.1 Å². The maximum Gasteiger partial charge on any atom is 0.418 e. The molecule has 3 heterocycles. The summed E-state index contributed by atoms with van der Waals surface area (Å²) in [6, 6.07) is -2.09. The van der Waals surface area contributed by atoms with Gasteiger partial charge in [-0.1, -0.05) is 0 Å². The minimum absolute atomic E-state index is 0.137. The van der Waals surface area contributed by atoms with Crippen molar-refractivity contribution in [2.45, 2.75) is 43.3 Å². The van der Waals surface area contributed by atoms with E-state index in [9.17, 15) is 18.0 Å². The summed E-state index contributed by atoms with van der Waals surface area (Å²) in [7, 11) is -4.84. The zero-order valence-corrected chi connectivity index (χ0v) is 15.4. The highest BCUT2D eigenvalue weighted by Crippen LogP contribution is 2.59. The lowest BCUT2D eigenvalue weighted by Gasteiger charge is -2.35. The van der Waals surface area contributed by atoms with Gasteiger partial charge in [-0.2, -0.15) is 13.5 Å². The highest BCUT2D eigenvalue weighted by Gasteiger charge is 2.65. The summed E-state index contributed by atoms with van der Waals surface area (Å²) in [6.07, 6.45) is 2.58. The third-order valence-electron chi connectivity index (χ3n) is 5.95. The minimum atomic E-state index is -4.84. The van der Waals surface area contributed by atoms with E-state index in [1.807, 2.05) is 0 Å². The summed E-state index contributed by atoms with van der Waals surface area (Å²) in [4.78, 5) is 31.7. The predicted molar refractivity (Wildman–Crippen MR) is 88.9 cm³/mol. The molecule has 152 valence electrons. The monoisotopic (exact) mass is 405 g/mol. The summed E-state index contributed by atoms with van der Waals surface area (Å²) in [6.45, 7) is 1.66. The van der Waals surface area contributed by atoms with Crippen LogP contribution >= 0.6 is 0 Å². The van der Waals surface area contributed by atoms with Gasteiger partial charge in [-0.3, -0.25) is 14.2 Å². The number of carbonyl (C=O) groups excluding carboxylic acids is 2. The molecule has 0 aromatic heterocycles. The lowest BCUT2D eigenvalue weighted by atomic mass is 9.85. The Hall–Kier alpha value is -1.51. The zero-order chi connectivity index (χ0) is 19.4. The van der Waals surface area contributed by atoms with E-state index in [0.29, 0.717) is 18.0 Å². The first-order valence-electron chi connectivity index (χ1n) is 8.81. The molecule has 4 fully saturated rings. The van der Waals surface area contributed by atoms with Crippen LogP contribution in [0.2, 0.25) is 0 Å². The van der Waals surface area contributed by atoms with Gasteiger partial charge in [-0.05, 0) is 37.6 Å². The van der Waals surface area contributed by atoms with Crippen molar-refractivity contribution in [3.8, 4) is 0 Å². The average Bonchev–Trinajstić information content (AvgIpc) is 3.12. The number of nitrogens with two attached hydrogens (primary N) is 1. The highest BCUT2D eigenvalue weighted by molar-refractivity contribution is 7.80. The molecule has 4 rings (SSSR count). The fourth-order valence-corrected chi connectivity index (χ4v) is 4.63. The van der Waals surface area contributed by atoms with E-state index in [4.69, 9.17) is 15.1 Å². The first kappa shape index (κ1) is 18.8. The van der Waals surface area contributed by atoms with Crippen molar-refractivity contribution in [2.75, 3.05) is 26.2 Å². The van der Waals surface area contributed by atoms with Gasteiger partial charge in [0.05, 0.1) is 18.2 Å². The number of fused-ring (bicyclic) bond motifs is 3. The third kappa shape index (κ3) is 3.50. The number of nitrogens with one attached hydrogen (secondary N) is 2. The van der Waals surface area contributed by atoms with E-state index < -0.39 is 40.0 Å². The summed E-state index contributed by atoms with van der Waals surface area (Å²) in [5.41, 5.74) is 7.56. The van der Waals surface area contributed by atoms with E-state index >= 15 is 0 Å². The Morgan fingerprint density at radius 1 is 1.41 bits per heavy atom. The lowest BCUT2D eigenvalue weighted by molar-refractivity contribution is -0.141. The van der Waals surface area contributed by atoms with Gasteiger partial charge >= 0.3 is 16.4 Å². The van der Waals surface area contributed by atoms with E-state index in [-0.39, 0.29) is 18.6 Å². The van der Waals surface area contributed by atoms with E-state index in [1.165, 1.54) is 4.90 Å². The van der Waals surface area contributed by atoms with Crippen LogP contribution in [0.1, 0.15) is 25.7 Å². The molecule has 0 aromatic rings. The van der Waals surface area contributed by atoms with Gasteiger partial charge in [0.15, 0.2) is 0 Å². The Labute approximate surface area is 156 Å². The number of amides is 3. The van der Waals surface area contributed by atoms with Crippen LogP contribution in [0.15, 0.2) is 0 Å². The Balaban J connectivity index is 1.42. The first-order valence-corrected chi connectivity index (χ1v) is 10.2. The number of hydrogen-bond donors (Lipinski definition) is 4. The summed E-state index contributed by atoms with van der Waals surface area (Å²) in [5, 5.41) is 3.80. The highest BCUT2D eigenvalue weighted by atomic mass is 32.3. The Morgan fingerprint density at radius 3 is 2.74 bits per heavy atom. The molecule has 27 heavy (non-hydrogen) atoms. The van der Waals surface area contributed by atoms with Gasteiger partial charge in [0.25, 0.3) is 5.91 Å². The quantitative estimate of drug-likeness (QED) is 0.292. The SMILES string of the molecule is NC1(CONC(=O)[C@@H]2CC3(CC3)[C@@H]3CN2C(=O)N3OS(=O)(=O)O)CCNC1. The van der Waals surface area contributed by atoms with Gasteiger partial charge < -0.3 is 16.0 Å². The maximum atomic E-state index is 12.6. The Kier molecular flexibility index (Phi) is 4.36. The van der Waals surface area contributed by atoms with E-state index in [1.54, 1.807) is 0 Å². The number of hydroxylamine groups is 3. The normalized spacial score (nSPS) is 34.4. The minimum Gasteiger partial charge on any atom is -0.322 e. The molecule has 3 saturated heterocycles. The molecule has 0 radical (unpaired) electrons. The molecule has 3 aliphatic heterocycles. The molecule has 3 amide bonds. The molecule has 0 aromatic carbocycles. The number of piperidine rings is 1. The van der Waals surface area contributed by atoms with Crippen LogP contribution in [-0.4, -0.2) is 78.7 Å². The van der Waals surface area contributed by atoms with Gasteiger partial charge in [0.1, 0.15) is 6.04 Å². The molecule has 1 aliphatic carbocycles. The van der Waals surface area contributed by atoms with Crippen molar-refractivity contribution in [1.29, 1.82) is 0 Å². The van der Waals surface area contributed by atoms with Gasteiger partial charge in [-0.15, -0.1) is 4.28 Å². The van der Waals surface area contributed by atoms with Crippen molar-refractivity contribution in [3.63, 3.8) is 0 Å². The number of hydrogen-bond acceptors (Lipinski definition) is 8. The second-order valence-electron chi connectivity index (χ2n) is 7.91. The molecule has 13 heteroatoms. The second kappa shape index (κ2) is 6.25. The van der Waals surface area contributed by atoms with Crippen molar-refractivity contribution in [1.82, 2.24) is 20.8 Å². The topological polar surface area (TPSA) is 164 Å². The van der Waals surface area contributed by atoms with Crippen LogP contribution in [0.25, 0.3) is 0 Å². The maximum absolute atomic E-state index is 12.6. The summed E-state index contributed by atoms with van der Waals surface area (Å²) < 4.78 is 35.6. The van der Waals surface area contributed by atoms with Crippen LogP contribution in [-0.2, 0) is 24.3 Å². The summed E-state index contributed by atoms with van der Waals surface area (Å²) in [5.74, 6) is -0.490. The van der Waals surface area contributed by atoms with Crippen LogP contribution in [0.5, 0.6) is 0 Å². The molecular formula is C14H23N5O7S. The van der Waals surface area contributed by atoms with Crippen molar-refractivity contribution >= 4 is 22.3 Å². The van der Waals surface area contributed by atoms with Crippen LogP contribution in [0.4, 0.5) is 4.79 Å². The van der Waals surface area contributed by atoms with Gasteiger partial charge in [0.2, 0.25) is 0 Å². The average molecular weight is 405 g/mol.